The predicted molar refractivity (Wildman–Crippen MR) is 53.5 cm³/mol. The van der Waals surface area contributed by atoms with Crippen LogP contribution in [0.3, 0.4) is 0 Å². The topological polar surface area (TPSA) is 42.0 Å². The van der Waals surface area contributed by atoms with Crippen LogP contribution in [0.2, 0.25) is 0 Å². The molecule has 13 heavy (non-hydrogen) atoms. The largest absolute Gasteiger partial charge is 0.347 e. The maximum absolute atomic E-state index is 11.3. The molecule has 4 heteroatoms. The Morgan fingerprint density at radius 1 is 1.54 bits per heavy atom. The third-order valence-electron chi connectivity index (χ3n) is 1.70. The van der Waals surface area contributed by atoms with Crippen LogP contribution in [-0.2, 0) is 4.79 Å². The summed E-state index contributed by atoms with van der Waals surface area (Å²) in [7, 11) is 0. The first-order valence-corrected chi connectivity index (χ1v) is 5.19. The fraction of sp³-hybridized carbons (Fsp3) is 0.556. The number of nitrogens with zero attached hydrogens (tertiary/aromatic N) is 1. The SMILES string of the molecule is CC(C)C(=O)N[C@H](C)c1nccs1. The summed E-state index contributed by atoms with van der Waals surface area (Å²) in [6.45, 7) is 5.70. The van der Waals surface area contributed by atoms with Crippen LogP contribution in [0.1, 0.15) is 31.8 Å². The average molecular weight is 198 g/mol. The Kier molecular flexibility index (Phi) is 3.42. The maximum Gasteiger partial charge on any atom is 0.223 e. The number of aromatic nitrogens is 1. The van der Waals surface area contributed by atoms with Crippen molar-refractivity contribution in [2.45, 2.75) is 26.8 Å². The standard InChI is InChI=1S/C9H14N2OS/c1-6(2)8(12)11-7(3)9-10-4-5-13-9/h4-7H,1-3H3,(H,11,12)/t7-/m1/s1. The van der Waals surface area contributed by atoms with Crippen molar-refractivity contribution in [2.75, 3.05) is 0 Å². The van der Waals surface area contributed by atoms with Gasteiger partial charge in [-0.15, -0.1) is 11.3 Å². The van der Waals surface area contributed by atoms with Crippen molar-refractivity contribution in [3.8, 4) is 0 Å². The molecule has 1 aromatic rings. The van der Waals surface area contributed by atoms with Gasteiger partial charge in [0, 0.05) is 17.5 Å². The molecule has 1 atom stereocenters. The van der Waals surface area contributed by atoms with Crippen molar-refractivity contribution in [1.82, 2.24) is 10.3 Å². The molecule has 1 aromatic heterocycles. The Hall–Kier alpha value is -0.900. The molecule has 1 N–H and O–H groups in total. The maximum atomic E-state index is 11.3. The number of amides is 1. The second kappa shape index (κ2) is 4.37. The van der Waals surface area contributed by atoms with E-state index in [4.69, 9.17) is 0 Å². The highest BCUT2D eigenvalue weighted by Gasteiger charge is 2.13. The highest BCUT2D eigenvalue weighted by Crippen LogP contribution is 2.14. The minimum absolute atomic E-state index is 0.0231. The first-order chi connectivity index (χ1) is 6.11. The number of carbonyl (C=O) groups excluding carboxylic acids is 1. The molecule has 0 bridgehead atoms. The number of carbonyl (C=O) groups is 1. The van der Waals surface area contributed by atoms with Gasteiger partial charge in [0.2, 0.25) is 5.91 Å². The number of nitrogens with one attached hydrogen (secondary N) is 1. The monoisotopic (exact) mass is 198 g/mol. The number of rotatable bonds is 3. The predicted octanol–water partition coefficient (Wildman–Crippen LogP) is 1.98. The third-order valence-corrected chi connectivity index (χ3v) is 2.66. The van der Waals surface area contributed by atoms with Crippen molar-refractivity contribution in [3.63, 3.8) is 0 Å². The minimum Gasteiger partial charge on any atom is -0.347 e. The summed E-state index contributed by atoms with van der Waals surface area (Å²) in [6, 6.07) is 0.0231. The van der Waals surface area contributed by atoms with Gasteiger partial charge >= 0.3 is 0 Å². The molecule has 1 heterocycles. The van der Waals surface area contributed by atoms with E-state index in [9.17, 15) is 4.79 Å². The van der Waals surface area contributed by atoms with E-state index in [1.807, 2.05) is 26.2 Å². The molecule has 0 aliphatic carbocycles. The lowest BCUT2D eigenvalue weighted by molar-refractivity contribution is -0.124. The zero-order valence-corrected chi connectivity index (χ0v) is 8.89. The Labute approximate surface area is 82.2 Å². The number of hydrogen-bond donors (Lipinski definition) is 1. The van der Waals surface area contributed by atoms with Gasteiger partial charge in [-0.25, -0.2) is 4.98 Å². The van der Waals surface area contributed by atoms with Gasteiger partial charge in [-0.2, -0.15) is 0 Å². The number of hydrogen-bond acceptors (Lipinski definition) is 3. The molecule has 0 saturated heterocycles. The van der Waals surface area contributed by atoms with Crippen molar-refractivity contribution in [3.05, 3.63) is 16.6 Å². The van der Waals surface area contributed by atoms with Crippen molar-refractivity contribution < 1.29 is 4.79 Å². The van der Waals surface area contributed by atoms with Crippen LogP contribution in [0, 0.1) is 5.92 Å². The van der Waals surface area contributed by atoms with Crippen LogP contribution in [-0.4, -0.2) is 10.9 Å². The molecular weight excluding hydrogens is 184 g/mol. The first kappa shape index (κ1) is 10.2. The lowest BCUT2D eigenvalue weighted by Crippen LogP contribution is -2.30. The van der Waals surface area contributed by atoms with E-state index < -0.39 is 0 Å². The molecule has 1 amide bonds. The van der Waals surface area contributed by atoms with E-state index in [0.29, 0.717) is 0 Å². The molecule has 0 aliphatic rings. The Bertz CT molecular complexity index is 269. The van der Waals surface area contributed by atoms with E-state index in [0.717, 1.165) is 5.01 Å². The van der Waals surface area contributed by atoms with Crippen LogP contribution in [0.15, 0.2) is 11.6 Å². The van der Waals surface area contributed by atoms with E-state index in [1.165, 1.54) is 0 Å². The lowest BCUT2D eigenvalue weighted by Gasteiger charge is -2.12. The van der Waals surface area contributed by atoms with Gasteiger partial charge in [0.1, 0.15) is 5.01 Å². The Balaban J connectivity index is 2.51. The van der Waals surface area contributed by atoms with E-state index in [2.05, 4.69) is 10.3 Å². The fourth-order valence-corrected chi connectivity index (χ4v) is 1.54. The van der Waals surface area contributed by atoms with Crippen LogP contribution in [0.5, 0.6) is 0 Å². The summed E-state index contributed by atoms with van der Waals surface area (Å²) in [4.78, 5) is 15.4. The van der Waals surface area contributed by atoms with Gasteiger partial charge in [-0.05, 0) is 6.92 Å². The zero-order valence-electron chi connectivity index (χ0n) is 8.07. The van der Waals surface area contributed by atoms with Gasteiger partial charge in [-0.3, -0.25) is 4.79 Å². The second-order valence-corrected chi connectivity index (χ2v) is 4.18. The molecule has 72 valence electrons. The van der Waals surface area contributed by atoms with Gasteiger partial charge in [0.25, 0.3) is 0 Å². The summed E-state index contributed by atoms with van der Waals surface area (Å²) in [6.07, 6.45) is 1.75. The fourth-order valence-electron chi connectivity index (χ4n) is 0.890. The Morgan fingerprint density at radius 3 is 2.69 bits per heavy atom. The molecule has 0 unspecified atom stereocenters. The van der Waals surface area contributed by atoms with Gasteiger partial charge in [-0.1, -0.05) is 13.8 Å². The van der Waals surface area contributed by atoms with Crippen LogP contribution in [0.4, 0.5) is 0 Å². The summed E-state index contributed by atoms with van der Waals surface area (Å²) in [5, 5.41) is 5.75. The smallest absolute Gasteiger partial charge is 0.223 e. The quantitative estimate of drug-likeness (QED) is 0.807. The van der Waals surface area contributed by atoms with Crippen molar-refractivity contribution >= 4 is 17.2 Å². The van der Waals surface area contributed by atoms with Crippen LogP contribution >= 0.6 is 11.3 Å². The molecule has 3 nitrogen and oxygen atoms in total. The van der Waals surface area contributed by atoms with E-state index >= 15 is 0 Å². The summed E-state index contributed by atoms with van der Waals surface area (Å²) in [5.74, 6) is 0.102. The summed E-state index contributed by atoms with van der Waals surface area (Å²) in [5.41, 5.74) is 0. The normalized spacial score (nSPS) is 12.9. The Morgan fingerprint density at radius 2 is 2.23 bits per heavy atom. The van der Waals surface area contributed by atoms with E-state index in [-0.39, 0.29) is 17.9 Å². The van der Waals surface area contributed by atoms with E-state index in [1.54, 1.807) is 17.5 Å². The highest BCUT2D eigenvalue weighted by atomic mass is 32.1. The molecule has 0 fully saturated rings. The molecule has 0 aliphatic heterocycles. The highest BCUT2D eigenvalue weighted by molar-refractivity contribution is 7.09. The molecular formula is C9H14N2OS. The lowest BCUT2D eigenvalue weighted by atomic mass is 10.2. The summed E-state index contributed by atoms with van der Waals surface area (Å²) < 4.78 is 0. The van der Waals surface area contributed by atoms with Crippen LogP contribution < -0.4 is 5.32 Å². The average Bonchev–Trinajstić information content (AvgIpc) is 2.55. The second-order valence-electron chi connectivity index (χ2n) is 3.26. The van der Waals surface area contributed by atoms with Crippen LogP contribution in [0.25, 0.3) is 0 Å². The molecule has 1 rings (SSSR count). The molecule has 0 spiro atoms. The number of thiazole rings is 1. The zero-order chi connectivity index (χ0) is 9.84. The third kappa shape index (κ3) is 2.81. The molecule has 0 radical (unpaired) electrons. The van der Waals surface area contributed by atoms with Gasteiger partial charge in [0.05, 0.1) is 6.04 Å². The van der Waals surface area contributed by atoms with Crippen molar-refractivity contribution in [1.29, 1.82) is 0 Å². The van der Waals surface area contributed by atoms with Crippen molar-refractivity contribution in [2.24, 2.45) is 5.92 Å². The summed E-state index contributed by atoms with van der Waals surface area (Å²) >= 11 is 1.56. The first-order valence-electron chi connectivity index (χ1n) is 4.31. The van der Waals surface area contributed by atoms with Gasteiger partial charge < -0.3 is 5.32 Å². The molecule has 0 saturated carbocycles. The molecule has 0 aromatic carbocycles. The van der Waals surface area contributed by atoms with Gasteiger partial charge in [0.15, 0.2) is 0 Å². The minimum atomic E-state index is 0.0231.